The number of amides is 1. The van der Waals surface area contributed by atoms with Crippen molar-refractivity contribution in [2.45, 2.75) is 44.7 Å². The highest BCUT2D eigenvalue weighted by Crippen LogP contribution is 2.33. The first-order valence-corrected chi connectivity index (χ1v) is 10.3. The van der Waals surface area contributed by atoms with Crippen molar-refractivity contribution >= 4 is 5.91 Å². The summed E-state index contributed by atoms with van der Waals surface area (Å²) in [6, 6.07) is 5.59. The number of quaternary nitrogens is 1. The minimum atomic E-state index is -0.487. The molecule has 3 atom stereocenters. The number of ether oxygens (including phenoxy) is 1. The highest BCUT2D eigenvalue weighted by molar-refractivity contribution is 5.90. The average Bonchev–Trinajstić information content (AvgIpc) is 3.38. The molecule has 0 saturated carbocycles. The van der Waals surface area contributed by atoms with Crippen molar-refractivity contribution in [3.8, 4) is 17.1 Å². The lowest BCUT2D eigenvalue weighted by Gasteiger charge is -2.38. The number of aromatic nitrogens is 2. The van der Waals surface area contributed by atoms with Gasteiger partial charge < -0.3 is 10.1 Å². The number of benzene rings is 1. The van der Waals surface area contributed by atoms with Gasteiger partial charge in [0.1, 0.15) is 17.9 Å². The Labute approximate surface area is 170 Å². The number of rotatable bonds is 5. The van der Waals surface area contributed by atoms with Crippen LogP contribution >= 0.6 is 0 Å². The molecule has 3 heterocycles. The molecule has 6 nitrogen and oxygen atoms in total. The summed E-state index contributed by atoms with van der Waals surface area (Å²) in [6.07, 6.45) is 7.40. The minimum absolute atomic E-state index is 0.0984. The summed E-state index contributed by atoms with van der Waals surface area (Å²) >= 11 is 0. The molecule has 2 aromatic rings. The summed E-state index contributed by atoms with van der Waals surface area (Å²) in [6.45, 7) is 4.65. The quantitative estimate of drug-likeness (QED) is 0.783. The molecule has 1 amide bonds. The Morgan fingerprint density at radius 2 is 2.03 bits per heavy atom. The average molecular weight is 399 g/mol. The maximum absolute atomic E-state index is 15.1. The summed E-state index contributed by atoms with van der Waals surface area (Å²) in [5.41, 5.74) is 1.49. The maximum atomic E-state index is 15.1. The highest BCUT2D eigenvalue weighted by Gasteiger charge is 2.48. The summed E-state index contributed by atoms with van der Waals surface area (Å²) in [5, 5.41) is 3.50. The number of carbonyl (C=O) groups is 1. The number of likely N-dealkylation sites (tertiary alicyclic amines) is 1. The largest absolute Gasteiger partial charge is 0.467 e. The molecule has 4 rings (SSSR count). The second kappa shape index (κ2) is 8.16. The number of hydrogen-bond donors (Lipinski definition) is 1. The third kappa shape index (κ3) is 3.76. The van der Waals surface area contributed by atoms with E-state index in [1.807, 2.05) is 0 Å². The fourth-order valence-electron chi connectivity index (χ4n) is 4.78. The Morgan fingerprint density at radius 1 is 1.24 bits per heavy atom. The first-order chi connectivity index (χ1) is 14.0. The Morgan fingerprint density at radius 3 is 2.62 bits per heavy atom. The molecule has 2 aliphatic rings. The molecule has 7 heteroatoms. The van der Waals surface area contributed by atoms with Crippen LogP contribution in [0.5, 0.6) is 6.01 Å². The molecule has 0 bridgehead atoms. The van der Waals surface area contributed by atoms with E-state index in [0.717, 1.165) is 45.3 Å². The van der Waals surface area contributed by atoms with Crippen molar-refractivity contribution in [2.75, 3.05) is 26.7 Å². The van der Waals surface area contributed by atoms with Gasteiger partial charge in [-0.2, -0.15) is 0 Å². The normalized spacial score (nSPS) is 26.6. The third-order valence-corrected chi connectivity index (χ3v) is 6.48. The Kier molecular flexibility index (Phi) is 5.61. The smallest absolute Gasteiger partial charge is 0.349 e. The maximum Gasteiger partial charge on any atom is 0.349 e. The zero-order chi connectivity index (χ0) is 20.4. The fraction of sp³-hybridized carbons (Fsp3) is 0.500. The van der Waals surface area contributed by atoms with E-state index in [9.17, 15) is 4.79 Å². The molecule has 0 aliphatic carbocycles. The fourth-order valence-corrected chi connectivity index (χ4v) is 4.78. The van der Waals surface area contributed by atoms with Gasteiger partial charge in [-0.05, 0) is 44.0 Å². The van der Waals surface area contributed by atoms with Gasteiger partial charge in [-0.25, -0.2) is 19.2 Å². The molecule has 1 unspecified atom stereocenters. The second-order valence-corrected chi connectivity index (χ2v) is 8.18. The van der Waals surface area contributed by atoms with Gasteiger partial charge >= 0.3 is 11.9 Å². The van der Waals surface area contributed by atoms with E-state index in [2.05, 4.69) is 22.2 Å². The van der Waals surface area contributed by atoms with Gasteiger partial charge in [0, 0.05) is 30.8 Å². The summed E-state index contributed by atoms with van der Waals surface area (Å²) in [7, 11) is 1.49. The standard InChI is InChI=1S/C22H28FN4O2/c1-15-5-4-10-27(15,14-18-6-3-9-24-18)21(28)19-8-7-16(11-20(19)23)17-12-25-22(29-2)26-13-17/h7-8,11-13,15,18,24H,3-6,9-10,14H2,1-2H3/q+1/t15-,18+,27?/m1/s1. The number of methoxy groups -OCH3 is 1. The lowest BCUT2D eigenvalue weighted by molar-refractivity contribution is -0.860. The van der Waals surface area contributed by atoms with E-state index >= 15 is 4.39 Å². The first kappa shape index (κ1) is 19.9. The monoisotopic (exact) mass is 399 g/mol. The molecular weight excluding hydrogens is 371 g/mol. The van der Waals surface area contributed by atoms with Crippen LogP contribution in [0.4, 0.5) is 4.39 Å². The molecule has 1 aromatic carbocycles. The van der Waals surface area contributed by atoms with E-state index in [0.29, 0.717) is 21.7 Å². The number of carbonyl (C=O) groups excluding carboxylic acids is 1. The van der Waals surface area contributed by atoms with Crippen LogP contribution in [-0.4, -0.2) is 59.2 Å². The molecule has 1 aromatic heterocycles. The molecular formula is C22H28FN4O2+. The van der Waals surface area contributed by atoms with Crippen LogP contribution < -0.4 is 10.1 Å². The lowest BCUT2D eigenvalue weighted by atomic mass is 10.0. The lowest BCUT2D eigenvalue weighted by Crippen LogP contribution is -2.59. The Balaban J connectivity index is 1.62. The van der Waals surface area contributed by atoms with Crippen molar-refractivity contribution in [3.63, 3.8) is 0 Å². The van der Waals surface area contributed by atoms with E-state index in [1.165, 1.54) is 13.2 Å². The number of nitrogens with zero attached hydrogens (tertiary/aromatic N) is 3. The van der Waals surface area contributed by atoms with Crippen LogP contribution in [0.1, 0.15) is 43.0 Å². The van der Waals surface area contributed by atoms with Crippen molar-refractivity contribution < 1.29 is 18.4 Å². The molecule has 0 radical (unpaired) electrons. The zero-order valence-electron chi connectivity index (χ0n) is 17.0. The minimum Gasteiger partial charge on any atom is -0.467 e. The SMILES string of the molecule is COc1ncc(-c2ccc(C(=O)[N+]3(C[C@@H]4CCCN4)CCC[C@H]3C)c(F)c2)cn1. The number of halogens is 1. The van der Waals surface area contributed by atoms with Crippen molar-refractivity contribution in [1.82, 2.24) is 15.3 Å². The summed E-state index contributed by atoms with van der Waals surface area (Å²) < 4.78 is 20.4. The van der Waals surface area contributed by atoms with Crippen molar-refractivity contribution in [3.05, 3.63) is 42.0 Å². The number of nitrogens with one attached hydrogen (secondary N) is 1. The molecule has 29 heavy (non-hydrogen) atoms. The molecule has 154 valence electrons. The van der Waals surface area contributed by atoms with E-state index in [-0.39, 0.29) is 23.5 Å². The molecule has 2 saturated heterocycles. The van der Waals surface area contributed by atoms with Crippen LogP contribution in [0.15, 0.2) is 30.6 Å². The number of hydrogen-bond acceptors (Lipinski definition) is 5. The summed E-state index contributed by atoms with van der Waals surface area (Å²) in [5.74, 6) is -0.585. The van der Waals surface area contributed by atoms with Crippen molar-refractivity contribution in [1.29, 1.82) is 0 Å². The van der Waals surface area contributed by atoms with Gasteiger partial charge in [-0.3, -0.25) is 4.48 Å². The Hall–Kier alpha value is -2.38. The molecule has 2 fully saturated rings. The van der Waals surface area contributed by atoms with Crippen LogP contribution in [-0.2, 0) is 0 Å². The van der Waals surface area contributed by atoms with Gasteiger partial charge in [0.2, 0.25) is 0 Å². The summed E-state index contributed by atoms with van der Waals surface area (Å²) in [4.78, 5) is 21.7. The van der Waals surface area contributed by atoms with Gasteiger partial charge in [-0.15, -0.1) is 0 Å². The zero-order valence-corrected chi connectivity index (χ0v) is 17.0. The third-order valence-electron chi connectivity index (χ3n) is 6.48. The molecule has 0 spiro atoms. The van der Waals surface area contributed by atoms with Gasteiger partial charge in [-0.1, -0.05) is 6.07 Å². The topological polar surface area (TPSA) is 64.1 Å². The van der Waals surface area contributed by atoms with E-state index in [1.54, 1.807) is 24.5 Å². The van der Waals surface area contributed by atoms with E-state index < -0.39 is 5.82 Å². The van der Waals surface area contributed by atoms with Crippen LogP contribution in [0.2, 0.25) is 0 Å². The van der Waals surface area contributed by atoms with E-state index in [4.69, 9.17) is 4.74 Å². The Bertz CT molecular complexity index is 883. The predicted molar refractivity (Wildman–Crippen MR) is 108 cm³/mol. The molecule has 2 aliphatic heterocycles. The van der Waals surface area contributed by atoms with Gasteiger partial charge in [0.25, 0.3) is 0 Å². The van der Waals surface area contributed by atoms with Gasteiger partial charge in [0.15, 0.2) is 0 Å². The first-order valence-electron chi connectivity index (χ1n) is 10.3. The second-order valence-electron chi connectivity index (χ2n) is 8.18. The van der Waals surface area contributed by atoms with Crippen LogP contribution in [0, 0.1) is 5.82 Å². The van der Waals surface area contributed by atoms with Crippen LogP contribution in [0.3, 0.4) is 0 Å². The van der Waals surface area contributed by atoms with Gasteiger partial charge in [0.05, 0.1) is 25.7 Å². The van der Waals surface area contributed by atoms with Crippen molar-refractivity contribution in [2.24, 2.45) is 0 Å². The molecule has 1 N–H and O–H groups in total. The van der Waals surface area contributed by atoms with Crippen LogP contribution in [0.25, 0.3) is 11.1 Å². The highest BCUT2D eigenvalue weighted by atomic mass is 19.1. The predicted octanol–water partition coefficient (Wildman–Crippen LogP) is 3.18.